The molecule has 5 heteroatoms. The zero-order valence-electron chi connectivity index (χ0n) is 13.4. The van der Waals surface area contributed by atoms with Gasteiger partial charge in [-0.3, -0.25) is 0 Å². The second-order valence-corrected chi connectivity index (χ2v) is 7.82. The lowest BCUT2D eigenvalue weighted by Gasteiger charge is -2.31. The van der Waals surface area contributed by atoms with Gasteiger partial charge >= 0.3 is 0 Å². The largest absolute Gasteiger partial charge is 0.313 e. The molecule has 2 aliphatic heterocycles. The second kappa shape index (κ2) is 7.05. The van der Waals surface area contributed by atoms with Gasteiger partial charge in [-0.1, -0.05) is 30.3 Å². The number of hydrogen-bond donors (Lipinski definition) is 1. The summed E-state index contributed by atoms with van der Waals surface area (Å²) < 4.78 is 2.35. The van der Waals surface area contributed by atoms with Gasteiger partial charge in [0.25, 0.3) is 0 Å². The van der Waals surface area contributed by atoms with Gasteiger partial charge in [0.1, 0.15) is 11.6 Å². The maximum Gasteiger partial charge on any atom is 0.137 e. The normalized spacial score (nSPS) is 22.0. The summed E-state index contributed by atoms with van der Waals surface area (Å²) in [6, 6.07) is 11.9. The van der Waals surface area contributed by atoms with E-state index in [1.54, 1.807) is 0 Å². The van der Waals surface area contributed by atoms with Crippen LogP contribution in [-0.4, -0.2) is 38.4 Å². The number of benzene rings is 1. The van der Waals surface area contributed by atoms with Crippen LogP contribution >= 0.6 is 11.8 Å². The first kappa shape index (κ1) is 15.2. The summed E-state index contributed by atoms with van der Waals surface area (Å²) in [7, 11) is 0. The van der Waals surface area contributed by atoms with Crippen molar-refractivity contribution in [3.05, 3.63) is 47.5 Å². The number of nitrogens with one attached hydrogen (secondary N) is 1. The molecule has 4 nitrogen and oxygen atoms in total. The number of hydrogen-bond acceptors (Lipinski definition) is 4. The van der Waals surface area contributed by atoms with E-state index < -0.39 is 0 Å². The number of aromatic nitrogens is 3. The Morgan fingerprint density at radius 2 is 1.87 bits per heavy atom. The molecule has 1 atom stereocenters. The maximum absolute atomic E-state index is 4.46. The molecule has 3 heterocycles. The molecule has 2 aromatic rings. The molecule has 23 heavy (non-hydrogen) atoms. The molecule has 0 radical (unpaired) electrons. The van der Waals surface area contributed by atoms with Crippen molar-refractivity contribution >= 4 is 11.8 Å². The van der Waals surface area contributed by atoms with Gasteiger partial charge in [0.15, 0.2) is 0 Å². The van der Waals surface area contributed by atoms with Crippen LogP contribution in [0.3, 0.4) is 0 Å². The highest BCUT2D eigenvalue weighted by atomic mass is 32.2. The van der Waals surface area contributed by atoms with E-state index in [0.717, 1.165) is 31.0 Å². The van der Waals surface area contributed by atoms with Gasteiger partial charge in [-0.25, -0.2) is 0 Å². The van der Waals surface area contributed by atoms with E-state index >= 15 is 0 Å². The van der Waals surface area contributed by atoms with Gasteiger partial charge < -0.3 is 9.88 Å². The predicted octanol–water partition coefficient (Wildman–Crippen LogP) is 2.67. The lowest BCUT2D eigenvalue weighted by atomic mass is 10.0. The van der Waals surface area contributed by atoms with Crippen LogP contribution < -0.4 is 5.32 Å². The van der Waals surface area contributed by atoms with Crippen LogP contribution in [-0.2, 0) is 19.4 Å². The molecule has 1 N–H and O–H groups in total. The number of nitrogens with zero attached hydrogens (tertiary/aromatic N) is 3. The fourth-order valence-electron chi connectivity index (χ4n) is 3.63. The van der Waals surface area contributed by atoms with Gasteiger partial charge in [-0.15, -0.1) is 10.2 Å². The first-order valence-electron chi connectivity index (χ1n) is 8.67. The molecule has 1 fully saturated rings. The molecular formula is C18H24N4S. The van der Waals surface area contributed by atoms with Crippen molar-refractivity contribution in [1.29, 1.82) is 0 Å². The number of aryl methyl sites for hydroxylation is 1. The third kappa shape index (κ3) is 3.61. The lowest BCUT2D eigenvalue weighted by molar-refractivity contribution is 0.327. The van der Waals surface area contributed by atoms with Crippen LogP contribution in [0.5, 0.6) is 0 Å². The Balaban J connectivity index is 1.44. The van der Waals surface area contributed by atoms with Gasteiger partial charge in [0.2, 0.25) is 0 Å². The van der Waals surface area contributed by atoms with Crippen molar-refractivity contribution in [2.24, 2.45) is 0 Å². The SMILES string of the molecule is c1ccc(Cc2nnc3n2CC(NC2CCSCC2)CC3)cc1. The van der Waals surface area contributed by atoms with Crippen LogP contribution in [0.4, 0.5) is 0 Å². The van der Waals surface area contributed by atoms with E-state index in [4.69, 9.17) is 0 Å². The van der Waals surface area contributed by atoms with E-state index in [1.807, 2.05) is 0 Å². The number of rotatable bonds is 4. The first-order chi connectivity index (χ1) is 11.4. The number of fused-ring (bicyclic) bond motifs is 1. The van der Waals surface area contributed by atoms with E-state index in [9.17, 15) is 0 Å². The van der Waals surface area contributed by atoms with E-state index in [2.05, 4.69) is 62.2 Å². The Labute approximate surface area is 142 Å². The summed E-state index contributed by atoms with van der Waals surface area (Å²) in [5.74, 6) is 4.88. The average Bonchev–Trinajstić information content (AvgIpc) is 2.99. The van der Waals surface area contributed by atoms with Crippen molar-refractivity contribution < 1.29 is 0 Å². The molecule has 0 bridgehead atoms. The molecule has 0 amide bonds. The zero-order valence-corrected chi connectivity index (χ0v) is 14.3. The fraction of sp³-hybridized carbons (Fsp3) is 0.556. The van der Waals surface area contributed by atoms with Gasteiger partial charge in [-0.05, 0) is 36.3 Å². The minimum atomic E-state index is 0.570. The van der Waals surface area contributed by atoms with Crippen molar-refractivity contribution in [1.82, 2.24) is 20.1 Å². The molecule has 1 aromatic carbocycles. The molecule has 1 saturated heterocycles. The van der Waals surface area contributed by atoms with Crippen LogP contribution in [0.1, 0.15) is 36.5 Å². The monoisotopic (exact) mass is 328 g/mol. The Morgan fingerprint density at radius 1 is 1.04 bits per heavy atom. The summed E-state index contributed by atoms with van der Waals surface area (Å²) in [6.45, 7) is 1.02. The topological polar surface area (TPSA) is 42.7 Å². The standard InChI is InChI=1S/C18H24N4S/c1-2-4-14(5-3-1)12-18-21-20-17-7-6-16(13-22(17)18)19-15-8-10-23-11-9-15/h1-5,15-16,19H,6-13H2. The Morgan fingerprint density at radius 3 is 2.70 bits per heavy atom. The van der Waals surface area contributed by atoms with Crippen molar-refractivity contribution in [3.63, 3.8) is 0 Å². The third-order valence-electron chi connectivity index (χ3n) is 4.92. The van der Waals surface area contributed by atoms with E-state index in [1.165, 1.54) is 36.3 Å². The first-order valence-corrected chi connectivity index (χ1v) is 9.82. The van der Waals surface area contributed by atoms with Crippen molar-refractivity contribution in [3.8, 4) is 0 Å². The average molecular weight is 328 g/mol. The van der Waals surface area contributed by atoms with Crippen LogP contribution in [0, 0.1) is 0 Å². The molecule has 122 valence electrons. The quantitative estimate of drug-likeness (QED) is 0.937. The number of thioether (sulfide) groups is 1. The highest BCUT2D eigenvalue weighted by molar-refractivity contribution is 7.99. The Hall–Kier alpha value is -1.33. The lowest BCUT2D eigenvalue weighted by Crippen LogP contribution is -2.45. The van der Waals surface area contributed by atoms with Gasteiger partial charge in [0, 0.05) is 31.5 Å². The van der Waals surface area contributed by atoms with Crippen LogP contribution in [0.2, 0.25) is 0 Å². The third-order valence-corrected chi connectivity index (χ3v) is 5.97. The molecular weight excluding hydrogens is 304 g/mol. The summed E-state index contributed by atoms with van der Waals surface area (Å²) >= 11 is 2.09. The molecule has 1 aromatic heterocycles. The summed E-state index contributed by atoms with van der Waals surface area (Å²) in [5.41, 5.74) is 1.31. The minimum Gasteiger partial charge on any atom is -0.313 e. The van der Waals surface area contributed by atoms with E-state index in [0.29, 0.717) is 12.1 Å². The Bertz CT molecular complexity index is 634. The molecule has 0 saturated carbocycles. The Kier molecular flexibility index (Phi) is 4.67. The van der Waals surface area contributed by atoms with E-state index in [-0.39, 0.29) is 0 Å². The van der Waals surface area contributed by atoms with Gasteiger partial charge in [0.05, 0.1) is 0 Å². The maximum atomic E-state index is 4.46. The van der Waals surface area contributed by atoms with Crippen molar-refractivity contribution in [2.45, 2.75) is 50.7 Å². The highest BCUT2D eigenvalue weighted by Crippen LogP contribution is 2.21. The smallest absolute Gasteiger partial charge is 0.137 e. The van der Waals surface area contributed by atoms with Crippen molar-refractivity contribution in [2.75, 3.05) is 11.5 Å². The van der Waals surface area contributed by atoms with Crippen LogP contribution in [0.15, 0.2) is 30.3 Å². The summed E-state index contributed by atoms with van der Waals surface area (Å²) in [4.78, 5) is 0. The molecule has 0 aliphatic carbocycles. The molecule has 0 spiro atoms. The zero-order chi connectivity index (χ0) is 15.5. The molecule has 2 aliphatic rings. The predicted molar refractivity (Wildman–Crippen MR) is 94.9 cm³/mol. The summed E-state index contributed by atoms with van der Waals surface area (Å²) in [6.07, 6.45) is 5.73. The minimum absolute atomic E-state index is 0.570. The highest BCUT2D eigenvalue weighted by Gasteiger charge is 2.25. The second-order valence-electron chi connectivity index (χ2n) is 6.59. The van der Waals surface area contributed by atoms with Crippen LogP contribution in [0.25, 0.3) is 0 Å². The fourth-order valence-corrected chi connectivity index (χ4v) is 4.73. The van der Waals surface area contributed by atoms with Gasteiger partial charge in [-0.2, -0.15) is 11.8 Å². The molecule has 4 rings (SSSR count). The molecule has 1 unspecified atom stereocenters. The summed E-state index contributed by atoms with van der Waals surface area (Å²) in [5, 5.41) is 12.8.